The van der Waals surface area contributed by atoms with Gasteiger partial charge in [0.25, 0.3) is 0 Å². The van der Waals surface area contributed by atoms with Gasteiger partial charge in [-0.3, -0.25) is 0 Å². The number of hydrogen-bond acceptors (Lipinski definition) is 5. The summed E-state index contributed by atoms with van der Waals surface area (Å²) >= 11 is 0. The number of likely N-dealkylation sites (tertiary alicyclic amines) is 1. The van der Waals surface area contributed by atoms with E-state index < -0.39 is 0 Å². The predicted octanol–water partition coefficient (Wildman–Crippen LogP) is 2.61. The van der Waals surface area contributed by atoms with E-state index in [9.17, 15) is 4.79 Å². The van der Waals surface area contributed by atoms with Crippen LogP contribution in [0, 0.1) is 5.92 Å². The highest BCUT2D eigenvalue weighted by atomic mass is 16.5. The molecule has 1 fully saturated rings. The molecule has 0 unspecified atom stereocenters. The van der Waals surface area contributed by atoms with Crippen LogP contribution in [0.1, 0.15) is 12.0 Å². The van der Waals surface area contributed by atoms with Gasteiger partial charge in [0.05, 0.1) is 31.3 Å². The van der Waals surface area contributed by atoms with E-state index in [1.54, 1.807) is 12.4 Å². The molecule has 2 amide bonds. The van der Waals surface area contributed by atoms with Gasteiger partial charge in [0.15, 0.2) is 0 Å². The summed E-state index contributed by atoms with van der Waals surface area (Å²) in [4.78, 5) is 24.4. The van der Waals surface area contributed by atoms with E-state index in [1.165, 1.54) is 5.56 Å². The molecular formula is C19H25N5O2. The van der Waals surface area contributed by atoms with Crippen molar-refractivity contribution in [3.05, 3.63) is 48.3 Å². The first-order valence-electron chi connectivity index (χ1n) is 8.79. The highest BCUT2D eigenvalue weighted by molar-refractivity contribution is 5.89. The van der Waals surface area contributed by atoms with Crippen molar-refractivity contribution in [3.63, 3.8) is 0 Å². The van der Waals surface area contributed by atoms with Crippen LogP contribution in [0.2, 0.25) is 0 Å². The van der Waals surface area contributed by atoms with Crippen molar-refractivity contribution in [2.45, 2.75) is 13.0 Å². The number of anilines is 2. The average molecular weight is 355 g/mol. The van der Waals surface area contributed by atoms with Crippen LogP contribution in [0.4, 0.5) is 16.4 Å². The lowest BCUT2D eigenvalue weighted by Crippen LogP contribution is -2.33. The molecule has 1 aliphatic heterocycles. The number of amides is 2. The number of nitrogens with zero attached hydrogens (tertiary/aromatic N) is 4. The van der Waals surface area contributed by atoms with Gasteiger partial charge in [0, 0.05) is 33.1 Å². The fourth-order valence-electron chi connectivity index (χ4n) is 2.89. The Bertz CT molecular complexity index is 706. The number of aromatic nitrogens is 2. The van der Waals surface area contributed by atoms with Crippen LogP contribution in [0.25, 0.3) is 0 Å². The molecule has 3 rings (SSSR count). The van der Waals surface area contributed by atoms with Crippen molar-refractivity contribution in [1.29, 1.82) is 0 Å². The standard InChI is InChI=1S/C19H25N5O2/c1-23(2)18-20-10-17(11-21-18)22-19(25)24-9-8-16(12-24)14-26-13-15-6-4-3-5-7-15/h3-7,10-11,16H,8-9,12-14H2,1-2H3,(H,22,25)/t16-/m0/s1. The van der Waals surface area contributed by atoms with Gasteiger partial charge in [0.2, 0.25) is 5.95 Å². The van der Waals surface area contributed by atoms with Crippen LogP contribution < -0.4 is 10.2 Å². The van der Waals surface area contributed by atoms with Gasteiger partial charge in [-0.05, 0) is 12.0 Å². The fourth-order valence-corrected chi connectivity index (χ4v) is 2.89. The lowest BCUT2D eigenvalue weighted by Gasteiger charge is -2.17. The van der Waals surface area contributed by atoms with Crippen LogP contribution in [-0.2, 0) is 11.3 Å². The molecule has 0 aliphatic carbocycles. The van der Waals surface area contributed by atoms with Gasteiger partial charge < -0.3 is 19.9 Å². The predicted molar refractivity (Wildman–Crippen MR) is 101 cm³/mol. The molecule has 1 aromatic heterocycles. The fraction of sp³-hybridized carbons (Fsp3) is 0.421. The minimum atomic E-state index is -0.114. The van der Waals surface area contributed by atoms with E-state index in [2.05, 4.69) is 27.4 Å². The summed E-state index contributed by atoms with van der Waals surface area (Å²) in [6, 6.07) is 10.0. The second-order valence-corrected chi connectivity index (χ2v) is 6.70. The molecule has 1 saturated heterocycles. The SMILES string of the molecule is CN(C)c1ncc(NC(=O)N2CC[C@H](COCc3ccccc3)C2)cn1. The van der Waals surface area contributed by atoms with Crippen molar-refractivity contribution in [2.75, 3.05) is 44.0 Å². The topological polar surface area (TPSA) is 70.6 Å². The molecule has 7 heteroatoms. The molecule has 1 aromatic carbocycles. The number of urea groups is 1. The number of ether oxygens (including phenoxy) is 1. The maximum Gasteiger partial charge on any atom is 0.321 e. The van der Waals surface area contributed by atoms with E-state index >= 15 is 0 Å². The van der Waals surface area contributed by atoms with E-state index in [1.807, 2.05) is 42.1 Å². The van der Waals surface area contributed by atoms with Crippen molar-refractivity contribution in [2.24, 2.45) is 5.92 Å². The Morgan fingerprint density at radius 3 is 2.69 bits per heavy atom. The van der Waals surface area contributed by atoms with Crippen LogP contribution in [-0.4, -0.2) is 54.7 Å². The summed E-state index contributed by atoms with van der Waals surface area (Å²) in [5.41, 5.74) is 1.77. The second kappa shape index (κ2) is 8.62. The molecule has 1 atom stereocenters. The third-order valence-corrected chi connectivity index (χ3v) is 4.33. The van der Waals surface area contributed by atoms with Gasteiger partial charge in [-0.2, -0.15) is 0 Å². The van der Waals surface area contributed by atoms with Crippen LogP contribution in [0.3, 0.4) is 0 Å². The van der Waals surface area contributed by atoms with Crippen molar-refractivity contribution >= 4 is 17.7 Å². The Kier molecular flexibility index (Phi) is 6.01. The van der Waals surface area contributed by atoms with Crippen LogP contribution in [0.15, 0.2) is 42.7 Å². The molecule has 138 valence electrons. The first kappa shape index (κ1) is 18.1. The minimum Gasteiger partial charge on any atom is -0.376 e. The number of carbonyl (C=O) groups is 1. The molecule has 1 aliphatic rings. The van der Waals surface area contributed by atoms with E-state index in [-0.39, 0.29) is 6.03 Å². The quantitative estimate of drug-likeness (QED) is 0.862. The maximum absolute atomic E-state index is 12.4. The Labute approximate surface area is 154 Å². The zero-order valence-corrected chi connectivity index (χ0v) is 15.3. The number of nitrogens with one attached hydrogen (secondary N) is 1. The normalized spacial score (nSPS) is 16.5. The van der Waals surface area contributed by atoms with E-state index in [0.29, 0.717) is 37.3 Å². The number of carbonyl (C=O) groups excluding carboxylic acids is 1. The van der Waals surface area contributed by atoms with Gasteiger partial charge in [-0.25, -0.2) is 14.8 Å². The van der Waals surface area contributed by atoms with Crippen molar-refractivity contribution in [3.8, 4) is 0 Å². The maximum atomic E-state index is 12.4. The Hall–Kier alpha value is -2.67. The van der Waals surface area contributed by atoms with E-state index in [0.717, 1.165) is 13.0 Å². The first-order valence-corrected chi connectivity index (χ1v) is 8.79. The molecular weight excluding hydrogens is 330 g/mol. The summed E-state index contributed by atoms with van der Waals surface area (Å²) < 4.78 is 5.80. The molecule has 1 N–H and O–H groups in total. The van der Waals surface area contributed by atoms with Crippen LogP contribution >= 0.6 is 0 Å². The molecule has 2 aromatic rings. The molecule has 0 spiro atoms. The summed E-state index contributed by atoms with van der Waals surface area (Å²) in [7, 11) is 3.75. The van der Waals surface area contributed by atoms with Gasteiger partial charge in [-0.15, -0.1) is 0 Å². The van der Waals surface area contributed by atoms with Gasteiger partial charge in [-0.1, -0.05) is 30.3 Å². The molecule has 2 heterocycles. The van der Waals surface area contributed by atoms with Crippen LogP contribution in [0.5, 0.6) is 0 Å². The number of hydrogen-bond donors (Lipinski definition) is 1. The molecule has 26 heavy (non-hydrogen) atoms. The smallest absolute Gasteiger partial charge is 0.321 e. The zero-order valence-electron chi connectivity index (χ0n) is 15.3. The third-order valence-electron chi connectivity index (χ3n) is 4.33. The average Bonchev–Trinajstić information content (AvgIpc) is 3.12. The molecule has 0 bridgehead atoms. The lowest BCUT2D eigenvalue weighted by molar-refractivity contribution is 0.0900. The van der Waals surface area contributed by atoms with E-state index in [4.69, 9.17) is 4.74 Å². The minimum absolute atomic E-state index is 0.114. The summed E-state index contributed by atoms with van der Waals surface area (Å²) in [6.07, 6.45) is 4.20. The van der Waals surface area contributed by atoms with Gasteiger partial charge >= 0.3 is 6.03 Å². The zero-order chi connectivity index (χ0) is 18.4. The molecule has 0 saturated carbocycles. The number of rotatable bonds is 6. The number of benzene rings is 1. The summed E-state index contributed by atoms with van der Waals surface area (Å²) in [6.45, 7) is 2.72. The largest absolute Gasteiger partial charge is 0.376 e. The van der Waals surface area contributed by atoms with Crippen molar-refractivity contribution < 1.29 is 9.53 Å². The summed E-state index contributed by atoms with van der Waals surface area (Å²) in [5, 5.41) is 2.86. The van der Waals surface area contributed by atoms with Gasteiger partial charge in [0.1, 0.15) is 0 Å². The highest BCUT2D eigenvalue weighted by Gasteiger charge is 2.26. The van der Waals surface area contributed by atoms with Crippen molar-refractivity contribution in [1.82, 2.24) is 14.9 Å². The third kappa shape index (κ3) is 4.92. The summed E-state index contributed by atoms with van der Waals surface area (Å²) in [5.74, 6) is 0.983. The highest BCUT2D eigenvalue weighted by Crippen LogP contribution is 2.18. The molecule has 7 nitrogen and oxygen atoms in total. The monoisotopic (exact) mass is 355 g/mol. The Balaban J connectivity index is 1.42. The molecule has 0 radical (unpaired) electrons. The first-order chi connectivity index (χ1) is 12.6. The Morgan fingerprint density at radius 2 is 2.00 bits per heavy atom. The Morgan fingerprint density at radius 1 is 1.27 bits per heavy atom. The lowest BCUT2D eigenvalue weighted by atomic mass is 10.1. The second-order valence-electron chi connectivity index (χ2n) is 6.70.